The number of rotatable bonds is 4. The van der Waals surface area contributed by atoms with E-state index in [9.17, 15) is 19.5 Å². The Kier molecular flexibility index (Phi) is 5.08. The van der Waals surface area contributed by atoms with E-state index >= 15 is 0 Å². The number of piperidine rings is 1. The fourth-order valence-corrected chi connectivity index (χ4v) is 3.64. The van der Waals surface area contributed by atoms with Crippen LogP contribution in [0.5, 0.6) is 0 Å². The van der Waals surface area contributed by atoms with Crippen LogP contribution < -0.4 is 0 Å². The number of carbonyl (C=O) groups is 3. The smallest absolute Gasteiger partial charge is 0.308 e. The highest BCUT2D eigenvalue weighted by Gasteiger charge is 2.40. The van der Waals surface area contributed by atoms with Gasteiger partial charge in [0.1, 0.15) is 6.04 Å². The van der Waals surface area contributed by atoms with Crippen molar-refractivity contribution in [3.8, 4) is 0 Å². The molecule has 3 unspecified atom stereocenters. The minimum absolute atomic E-state index is 0.0232. The molecule has 0 radical (unpaired) electrons. The first kappa shape index (κ1) is 16.8. The normalized spacial score (nSPS) is 27.4. The van der Waals surface area contributed by atoms with Gasteiger partial charge in [-0.05, 0) is 24.7 Å². The van der Waals surface area contributed by atoms with Crippen LogP contribution in [0, 0.1) is 17.8 Å². The van der Waals surface area contributed by atoms with Crippen molar-refractivity contribution < 1.29 is 19.5 Å². The van der Waals surface area contributed by atoms with Gasteiger partial charge in [-0.15, -0.1) is 0 Å². The molecule has 0 aromatic rings. The van der Waals surface area contributed by atoms with Gasteiger partial charge in [0.05, 0.1) is 5.92 Å². The predicted molar refractivity (Wildman–Crippen MR) is 81.1 cm³/mol. The lowest BCUT2D eigenvalue weighted by Crippen LogP contribution is -2.55. The maximum atomic E-state index is 12.9. The van der Waals surface area contributed by atoms with Crippen LogP contribution in [0.3, 0.4) is 0 Å². The highest BCUT2D eigenvalue weighted by Crippen LogP contribution is 2.26. The zero-order chi connectivity index (χ0) is 16.4. The van der Waals surface area contributed by atoms with Crippen LogP contribution in [0.4, 0.5) is 0 Å². The number of aliphatic carboxylic acids is 1. The third-order valence-electron chi connectivity index (χ3n) is 4.65. The topological polar surface area (TPSA) is 77.9 Å². The lowest BCUT2D eigenvalue weighted by molar-refractivity contribution is -0.152. The van der Waals surface area contributed by atoms with Gasteiger partial charge in [0.2, 0.25) is 11.8 Å². The van der Waals surface area contributed by atoms with Gasteiger partial charge in [-0.25, -0.2) is 0 Å². The maximum absolute atomic E-state index is 12.9. The maximum Gasteiger partial charge on any atom is 0.308 e. The molecule has 2 heterocycles. The average molecular weight is 310 g/mol. The molecule has 0 spiro atoms. The summed E-state index contributed by atoms with van der Waals surface area (Å²) in [7, 11) is 0. The van der Waals surface area contributed by atoms with E-state index in [1.54, 1.807) is 9.80 Å². The highest BCUT2D eigenvalue weighted by molar-refractivity contribution is 5.89. The van der Waals surface area contributed by atoms with Crippen molar-refractivity contribution in [1.82, 2.24) is 9.80 Å². The summed E-state index contributed by atoms with van der Waals surface area (Å²) in [5.74, 6) is -1.22. The number of carbonyl (C=O) groups excluding carboxylic acids is 2. The molecular formula is C16H26N2O4. The molecule has 6 heteroatoms. The van der Waals surface area contributed by atoms with Crippen LogP contribution in [0.2, 0.25) is 0 Å². The quantitative estimate of drug-likeness (QED) is 0.846. The van der Waals surface area contributed by atoms with Crippen LogP contribution >= 0.6 is 0 Å². The Bertz CT molecular complexity index is 463. The molecule has 0 saturated carbocycles. The van der Waals surface area contributed by atoms with E-state index in [2.05, 4.69) is 0 Å². The van der Waals surface area contributed by atoms with Crippen molar-refractivity contribution in [2.24, 2.45) is 17.8 Å². The second kappa shape index (κ2) is 6.67. The number of hydrogen-bond acceptors (Lipinski definition) is 3. The summed E-state index contributed by atoms with van der Waals surface area (Å²) in [6.07, 6.45) is 1.91. The molecule has 2 fully saturated rings. The highest BCUT2D eigenvalue weighted by atomic mass is 16.4. The molecule has 2 saturated heterocycles. The molecule has 0 bridgehead atoms. The third kappa shape index (κ3) is 3.42. The molecule has 3 atom stereocenters. The van der Waals surface area contributed by atoms with E-state index in [0.29, 0.717) is 25.9 Å². The van der Waals surface area contributed by atoms with E-state index in [4.69, 9.17) is 0 Å². The van der Waals surface area contributed by atoms with Gasteiger partial charge in [-0.1, -0.05) is 20.8 Å². The molecule has 2 amide bonds. The lowest BCUT2D eigenvalue weighted by atomic mass is 9.89. The van der Waals surface area contributed by atoms with E-state index in [1.807, 2.05) is 20.8 Å². The van der Waals surface area contributed by atoms with Gasteiger partial charge < -0.3 is 14.9 Å². The molecule has 0 aromatic heterocycles. The van der Waals surface area contributed by atoms with Gasteiger partial charge >= 0.3 is 5.97 Å². The van der Waals surface area contributed by atoms with Crippen molar-refractivity contribution >= 4 is 17.8 Å². The van der Waals surface area contributed by atoms with Crippen LogP contribution in [0.25, 0.3) is 0 Å². The van der Waals surface area contributed by atoms with Crippen molar-refractivity contribution in [2.45, 2.75) is 46.1 Å². The molecule has 22 heavy (non-hydrogen) atoms. The predicted octanol–water partition coefficient (Wildman–Crippen LogP) is 1.20. The first-order valence-corrected chi connectivity index (χ1v) is 8.12. The standard InChI is InChI=1S/C16H26N2O4/c1-10(2)14(18-6-4-5-13(18)19)15(20)17-8-11(3)7-12(9-17)16(21)22/h10-12,14H,4-9H2,1-3H3,(H,21,22). The molecule has 2 rings (SSSR count). The van der Waals surface area contributed by atoms with E-state index in [1.165, 1.54) is 0 Å². The molecule has 0 aromatic carbocycles. The van der Waals surface area contributed by atoms with Gasteiger partial charge in [0.25, 0.3) is 0 Å². The summed E-state index contributed by atoms with van der Waals surface area (Å²) in [5.41, 5.74) is 0. The van der Waals surface area contributed by atoms with Gasteiger partial charge in [-0.2, -0.15) is 0 Å². The van der Waals surface area contributed by atoms with Crippen LogP contribution in [0.15, 0.2) is 0 Å². The number of carboxylic acids is 1. The van der Waals surface area contributed by atoms with Crippen molar-refractivity contribution in [3.63, 3.8) is 0 Å². The average Bonchev–Trinajstić information content (AvgIpc) is 2.84. The number of carboxylic acid groups (broad SMARTS) is 1. The summed E-state index contributed by atoms with van der Waals surface area (Å²) < 4.78 is 0. The van der Waals surface area contributed by atoms with Crippen molar-refractivity contribution in [1.29, 1.82) is 0 Å². The summed E-state index contributed by atoms with van der Waals surface area (Å²) in [5, 5.41) is 9.25. The minimum Gasteiger partial charge on any atom is -0.481 e. The summed E-state index contributed by atoms with van der Waals surface area (Å²) >= 11 is 0. The molecular weight excluding hydrogens is 284 g/mol. The monoisotopic (exact) mass is 310 g/mol. The van der Waals surface area contributed by atoms with Gasteiger partial charge in [0.15, 0.2) is 0 Å². The number of hydrogen-bond donors (Lipinski definition) is 1. The van der Waals surface area contributed by atoms with Crippen LogP contribution in [-0.4, -0.2) is 58.4 Å². The number of nitrogens with zero attached hydrogens (tertiary/aromatic N) is 2. The fourth-order valence-electron chi connectivity index (χ4n) is 3.64. The van der Waals surface area contributed by atoms with E-state index in [0.717, 1.165) is 6.42 Å². The largest absolute Gasteiger partial charge is 0.481 e. The summed E-state index contributed by atoms with van der Waals surface area (Å²) in [6.45, 7) is 7.31. The summed E-state index contributed by atoms with van der Waals surface area (Å²) in [6, 6.07) is -0.463. The molecule has 1 N–H and O–H groups in total. The Morgan fingerprint density at radius 3 is 2.45 bits per heavy atom. The van der Waals surface area contributed by atoms with Crippen molar-refractivity contribution in [3.05, 3.63) is 0 Å². The van der Waals surface area contributed by atoms with Gasteiger partial charge in [0, 0.05) is 26.1 Å². The minimum atomic E-state index is -0.845. The SMILES string of the molecule is CC1CC(C(=O)O)CN(C(=O)C(C(C)C)N2CCCC2=O)C1. The zero-order valence-corrected chi connectivity index (χ0v) is 13.6. The molecule has 0 aliphatic carbocycles. The summed E-state index contributed by atoms with van der Waals surface area (Å²) in [4.78, 5) is 39.5. The molecule has 6 nitrogen and oxygen atoms in total. The van der Waals surface area contributed by atoms with Crippen molar-refractivity contribution in [2.75, 3.05) is 19.6 Å². The first-order chi connectivity index (χ1) is 10.3. The Morgan fingerprint density at radius 2 is 1.95 bits per heavy atom. The zero-order valence-electron chi connectivity index (χ0n) is 13.6. The number of likely N-dealkylation sites (tertiary alicyclic amines) is 2. The van der Waals surface area contributed by atoms with Crippen LogP contribution in [-0.2, 0) is 14.4 Å². The molecule has 124 valence electrons. The Balaban J connectivity index is 2.15. The first-order valence-electron chi connectivity index (χ1n) is 8.12. The fraction of sp³-hybridized carbons (Fsp3) is 0.812. The van der Waals surface area contributed by atoms with Gasteiger partial charge in [-0.3, -0.25) is 14.4 Å². The second-order valence-corrected chi connectivity index (χ2v) is 7.00. The van der Waals surface area contributed by atoms with E-state index < -0.39 is 17.9 Å². The Hall–Kier alpha value is -1.59. The Morgan fingerprint density at radius 1 is 1.27 bits per heavy atom. The third-order valence-corrected chi connectivity index (χ3v) is 4.65. The van der Waals surface area contributed by atoms with Crippen LogP contribution in [0.1, 0.15) is 40.0 Å². The lowest BCUT2D eigenvalue weighted by Gasteiger charge is -2.39. The second-order valence-electron chi connectivity index (χ2n) is 7.00. The number of amides is 2. The molecule has 2 aliphatic heterocycles. The van der Waals surface area contributed by atoms with E-state index in [-0.39, 0.29) is 30.2 Å². The molecule has 2 aliphatic rings. The Labute approximate surface area is 131 Å².